The monoisotopic (exact) mass is 496 g/mol. The maximum Gasteiger partial charge on any atom is 0.251 e. The standard InChI is InChI=1S/C27H33F5N2O/c1-17-7-4-5-8-21(17)22-13-18(2)34(16-25(31)32)27(19(22)3)26-23(29)14-20(15-24(26)30)35-12-11-33-10-6-9-28/h4-5,7-8,14-15,18,25,27,33H,6,9-13,16H2,1-3H3/t18-,27?/m1/s1. The third kappa shape index (κ3) is 6.61. The van der Waals surface area contributed by atoms with Gasteiger partial charge in [0.15, 0.2) is 0 Å². The van der Waals surface area contributed by atoms with Gasteiger partial charge in [-0.25, -0.2) is 17.6 Å². The van der Waals surface area contributed by atoms with E-state index in [2.05, 4.69) is 5.32 Å². The molecule has 0 aliphatic carbocycles. The first kappa shape index (κ1) is 27.1. The Morgan fingerprint density at radius 3 is 2.40 bits per heavy atom. The minimum absolute atomic E-state index is 0.0149. The minimum Gasteiger partial charge on any atom is -0.492 e. The Morgan fingerprint density at radius 1 is 1.09 bits per heavy atom. The summed E-state index contributed by atoms with van der Waals surface area (Å²) in [5.74, 6) is -1.67. The van der Waals surface area contributed by atoms with E-state index < -0.39 is 37.3 Å². The molecular weight excluding hydrogens is 463 g/mol. The fourth-order valence-electron chi connectivity index (χ4n) is 4.77. The van der Waals surface area contributed by atoms with Crippen molar-refractivity contribution in [2.24, 2.45) is 0 Å². The third-order valence-electron chi connectivity index (χ3n) is 6.46. The predicted molar refractivity (Wildman–Crippen MR) is 129 cm³/mol. The fourth-order valence-corrected chi connectivity index (χ4v) is 4.77. The Kier molecular flexibility index (Phi) is 9.69. The van der Waals surface area contributed by atoms with Gasteiger partial charge in [0, 0.05) is 30.3 Å². The maximum absolute atomic E-state index is 15.4. The predicted octanol–water partition coefficient (Wildman–Crippen LogP) is 6.48. The molecule has 1 aliphatic heterocycles. The molecule has 2 aromatic carbocycles. The van der Waals surface area contributed by atoms with Crippen LogP contribution in [0.2, 0.25) is 0 Å². The lowest BCUT2D eigenvalue weighted by molar-refractivity contribution is 0.0466. The summed E-state index contributed by atoms with van der Waals surface area (Å²) in [6.45, 7) is 5.55. The van der Waals surface area contributed by atoms with Gasteiger partial charge in [0.25, 0.3) is 6.43 Å². The van der Waals surface area contributed by atoms with Gasteiger partial charge in [-0.05, 0) is 62.4 Å². The van der Waals surface area contributed by atoms with Gasteiger partial charge in [0.05, 0.1) is 19.3 Å². The van der Waals surface area contributed by atoms with Crippen molar-refractivity contribution in [3.63, 3.8) is 0 Å². The van der Waals surface area contributed by atoms with Crippen LogP contribution in [0.5, 0.6) is 5.75 Å². The molecule has 0 amide bonds. The SMILES string of the molecule is CC1=C(c2ccccc2C)C[C@@H](C)N(CC(F)F)C1c1c(F)cc(OCCNCCCF)cc1F. The largest absolute Gasteiger partial charge is 0.492 e. The van der Waals surface area contributed by atoms with Gasteiger partial charge < -0.3 is 10.1 Å². The molecule has 1 N–H and O–H groups in total. The summed E-state index contributed by atoms with van der Waals surface area (Å²) >= 11 is 0. The summed E-state index contributed by atoms with van der Waals surface area (Å²) in [5, 5.41) is 2.97. The number of nitrogens with one attached hydrogen (secondary N) is 1. The topological polar surface area (TPSA) is 24.5 Å². The Morgan fingerprint density at radius 2 is 1.77 bits per heavy atom. The van der Waals surface area contributed by atoms with Crippen molar-refractivity contribution in [2.45, 2.75) is 52.1 Å². The summed E-state index contributed by atoms with van der Waals surface area (Å²) in [7, 11) is 0. The fraction of sp³-hybridized carbons (Fsp3) is 0.481. The van der Waals surface area contributed by atoms with E-state index in [0.29, 0.717) is 31.5 Å². The van der Waals surface area contributed by atoms with Crippen LogP contribution in [0.4, 0.5) is 22.0 Å². The molecule has 35 heavy (non-hydrogen) atoms. The molecule has 0 aromatic heterocycles. The number of alkyl halides is 3. The minimum atomic E-state index is -2.65. The summed E-state index contributed by atoms with van der Waals surface area (Å²) in [6, 6.07) is 8.59. The molecule has 0 saturated heterocycles. The molecule has 1 aliphatic rings. The van der Waals surface area contributed by atoms with Crippen LogP contribution < -0.4 is 10.1 Å². The van der Waals surface area contributed by atoms with E-state index in [0.717, 1.165) is 28.8 Å². The average Bonchev–Trinajstić information content (AvgIpc) is 2.80. The van der Waals surface area contributed by atoms with Gasteiger partial charge in [0.2, 0.25) is 0 Å². The van der Waals surface area contributed by atoms with E-state index in [1.54, 1.807) is 6.92 Å². The van der Waals surface area contributed by atoms with Crippen molar-refractivity contribution < 1.29 is 26.7 Å². The first-order chi connectivity index (χ1) is 16.7. The number of rotatable bonds is 11. The Balaban J connectivity index is 1.96. The van der Waals surface area contributed by atoms with Crippen LogP contribution in [-0.2, 0) is 0 Å². The summed E-state index contributed by atoms with van der Waals surface area (Å²) in [4.78, 5) is 1.48. The van der Waals surface area contributed by atoms with E-state index in [9.17, 15) is 13.2 Å². The number of hydrogen-bond donors (Lipinski definition) is 1. The second kappa shape index (κ2) is 12.5. The normalized spacial score (nSPS) is 19.0. The number of aryl methyl sites for hydroxylation is 1. The van der Waals surface area contributed by atoms with Crippen LogP contribution in [-0.4, -0.2) is 50.3 Å². The molecule has 0 radical (unpaired) electrons. The van der Waals surface area contributed by atoms with Crippen LogP contribution in [0.15, 0.2) is 42.0 Å². The third-order valence-corrected chi connectivity index (χ3v) is 6.46. The zero-order valence-electron chi connectivity index (χ0n) is 20.4. The van der Waals surface area contributed by atoms with Crippen LogP contribution in [0.25, 0.3) is 5.57 Å². The smallest absolute Gasteiger partial charge is 0.251 e. The molecule has 0 spiro atoms. The first-order valence-corrected chi connectivity index (χ1v) is 11.9. The molecule has 8 heteroatoms. The van der Waals surface area contributed by atoms with Gasteiger partial charge in [-0.2, -0.15) is 0 Å². The van der Waals surface area contributed by atoms with Gasteiger partial charge in [-0.15, -0.1) is 0 Å². The molecule has 0 saturated carbocycles. The summed E-state index contributed by atoms with van der Waals surface area (Å²) < 4.78 is 75.4. The second-order valence-electron chi connectivity index (χ2n) is 8.96. The lowest BCUT2D eigenvalue weighted by Crippen LogP contribution is -2.44. The van der Waals surface area contributed by atoms with E-state index in [4.69, 9.17) is 4.74 Å². The van der Waals surface area contributed by atoms with Crippen molar-refractivity contribution in [2.75, 3.05) is 32.9 Å². The van der Waals surface area contributed by atoms with Crippen molar-refractivity contribution in [1.29, 1.82) is 0 Å². The Bertz CT molecular complexity index is 1000. The van der Waals surface area contributed by atoms with E-state index >= 15 is 8.78 Å². The molecule has 0 bridgehead atoms. The number of nitrogens with zero attached hydrogens (tertiary/aromatic N) is 1. The number of hydrogen-bond acceptors (Lipinski definition) is 3. The van der Waals surface area contributed by atoms with Crippen molar-refractivity contribution in [1.82, 2.24) is 10.2 Å². The highest BCUT2D eigenvalue weighted by molar-refractivity contribution is 5.73. The quantitative estimate of drug-likeness (QED) is 0.285. The lowest BCUT2D eigenvalue weighted by Gasteiger charge is -2.43. The highest BCUT2D eigenvalue weighted by Gasteiger charge is 2.38. The maximum atomic E-state index is 15.4. The molecule has 3 nitrogen and oxygen atoms in total. The van der Waals surface area contributed by atoms with Crippen LogP contribution in [0.1, 0.15) is 49.4 Å². The molecule has 3 rings (SSSR count). The number of ether oxygens (including phenoxy) is 1. The Labute approximate surface area is 204 Å². The zero-order chi connectivity index (χ0) is 25.5. The second-order valence-corrected chi connectivity index (χ2v) is 8.96. The average molecular weight is 497 g/mol. The molecular formula is C27H33F5N2O. The first-order valence-electron chi connectivity index (χ1n) is 11.9. The zero-order valence-corrected chi connectivity index (χ0v) is 20.4. The molecule has 1 heterocycles. The number of halogens is 5. The number of benzene rings is 2. The molecule has 2 atom stereocenters. The molecule has 192 valence electrons. The van der Waals surface area contributed by atoms with Crippen molar-refractivity contribution >= 4 is 5.57 Å². The summed E-state index contributed by atoms with van der Waals surface area (Å²) in [6.07, 6.45) is -1.77. The van der Waals surface area contributed by atoms with E-state index in [1.807, 2.05) is 38.1 Å². The van der Waals surface area contributed by atoms with Gasteiger partial charge >= 0.3 is 0 Å². The highest BCUT2D eigenvalue weighted by atomic mass is 19.3. The van der Waals surface area contributed by atoms with Gasteiger partial charge in [-0.1, -0.05) is 24.3 Å². The summed E-state index contributed by atoms with van der Waals surface area (Å²) in [5.41, 5.74) is 3.29. The highest BCUT2D eigenvalue weighted by Crippen LogP contribution is 2.45. The molecule has 2 aromatic rings. The van der Waals surface area contributed by atoms with E-state index in [1.165, 1.54) is 4.90 Å². The van der Waals surface area contributed by atoms with Gasteiger partial charge in [0.1, 0.15) is 24.0 Å². The molecule has 1 unspecified atom stereocenters. The van der Waals surface area contributed by atoms with Crippen LogP contribution >= 0.6 is 0 Å². The van der Waals surface area contributed by atoms with Crippen LogP contribution in [0.3, 0.4) is 0 Å². The van der Waals surface area contributed by atoms with E-state index in [-0.39, 0.29) is 24.0 Å². The Hall–Kier alpha value is -2.45. The van der Waals surface area contributed by atoms with Crippen molar-refractivity contribution in [3.8, 4) is 5.75 Å². The van der Waals surface area contributed by atoms with Crippen molar-refractivity contribution in [3.05, 3.63) is 70.3 Å². The van der Waals surface area contributed by atoms with Crippen LogP contribution in [0, 0.1) is 18.6 Å². The lowest BCUT2D eigenvalue weighted by atomic mass is 9.81. The van der Waals surface area contributed by atoms with Gasteiger partial charge in [-0.3, -0.25) is 9.29 Å². The molecule has 0 fully saturated rings.